The molecule has 2 aliphatic carbocycles. The highest BCUT2D eigenvalue weighted by Gasteiger charge is 2.48. The summed E-state index contributed by atoms with van der Waals surface area (Å²) in [5.41, 5.74) is 12.0. The lowest BCUT2D eigenvalue weighted by atomic mass is 9.72. The summed E-state index contributed by atoms with van der Waals surface area (Å²) in [6.07, 6.45) is 2.36. The number of hydrogen-bond donors (Lipinski definition) is 0. The third-order valence-electron chi connectivity index (χ3n) is 6.88. The second kappa shape index (κ2) is 5.83. The Kier molecular flexibility index (Phi) is 3.63. The Morgan fingerprint density at radius 1 is 0.667 bits per heavy atom. The number of fused-ring (bicyclic) bond motifs is 7. The van der Waals surface area contributed by atoms with E-state index >= 15 is 0 Å². The van der Waals surface area contributed by atoms with Crippen LogP contribution >= 0.6 is 0 Å². The fraction of sp³-hybridized carbons (Fsp3) is 0.333. The third kappa shape index (κ3) is 2.22. The van der Waals surface area contributed by atoms with Crippen molar-refractivity contribution in [2.75, 3.05) is 0 Å². The van der Waals surface area contributed by atoms with Crippen molar-refractivity contribution in [3.8, 4) is 11.1 Å². The summed E-state index contributed by atoms with van der Waals surface area (Å²) in [7, 11) is 0. The molecule has 0 saturated carbocycles. The van der Waals surface area contributed by atoms with Gasteiger partial charge in [0, 0.05) is 5.41 Å². The van der Waals surface area contributed by atoms with E-state index in [0.717, 1.165) is 0 Å². The summed E-state index contributed by atoms with van der Waals surface area (Å²) in [4.78, 5) is 0. The van der Waals surface area contributed by atoms with Gasteiger partial charge in [0.05, 0.1) is 0 Å². The van der Waals surface area contributed by atoms with E-state index in [4.69, 9.17) is 0 Å². The number of benzene rings is 3. The summed E-state index contributed by atoms with van der Waals surface area (Å²) >= 11 is 0. The zero-order valence-corrected chi connectivity index (χ0v) is 16.8. The Morgan fingerprint density at radius 3 is 1.78 bits per heavy atom. The van der Waals surface area contributed by atoms with E-state index in [1.807, 2.05) is 0 Å². The summed E-state index contributed by atoms with van der Waals surface area (Å²) in [6, 6.07) is 23.6. The van der Waals surface area contributed by atoms with Gasteiger partial charge in [-0.2, -0.15) is 0 Å². The van der Waals surface area contributed by atoms with Crippen LogP contribution in [0.15, 0.2) is 60.7 Å². The van der Waals surface area contributed by atoms with Crippen molar-refractivity contribution in [2.45, 2.75) is 57.8 Å². The molecule has 0 N–H and O–H groups in total. The molecule has 0 aromatic heterocycles. The van der Waals surface area contributed by atoms with Crippen molar-refractivity contribution in [1.82, 2.24) is 0 Å². The van der Waals surface area contributed by atoms with Gasteiger partial charge in [-0.25, -0.2) is 0 Å². The van der Waals surface area contributed by atoms with Gasteiger partial charge in [0.15, 0.2) is 0 Å². The van der Waals surface area contributed by atoms with Crippen molar-refractivity contribution >= 4 is 0 Å². The first-order valence-corrected chi connectivity index (χ1v) is 10.4. The highest BCUT2D eigenvalue weighted by Crippen LogP contribution is 2.58. The van der Waals surface area contributed by atoms with Gasteiger partial charge in [0.2, 0.25) is 0 Å². The Hall–Kier alpha value is -2.34. The fourth-order valence-electron chi connectivity index (χ4n) is 5.33. The molecule has 1 spiro atoms. The van der Waals surface area contributed by atoms with Gasteiger partial charge >= 0.3 is 0 Å². The molecule has 3 aromatic carbocycles. The summed E-state index contributed by atoms with van der Waals surface area (Å²) in [6.45, 7) is 9.21. The first-order chi connectivity index (χ1) is 13.0. The third-order valence-corrected chi connectivity index (χ3v) is 6.88. The molecule has 0 bridgehead atoms. The van der Waals surface area contributed by atoms with Crippen LogP contribution in [0.2, 0.25) is 0 Å². The van der Waals surface area contributed by atoms with Gasteiger partial charge < -0.3 is 0 Å². The van der Waals surface area contributed by atoms with Crippen molar-refractivity contribution < 1.29 is 0 Å². The first-order valence-electron chi connectivity index (χ1n) is 10.4. The van der Waals surface area contributed by atoms with Gasteiger partial charge in [-0.15, -0.1) is 0 Å². The molecule has 0 amide bonds. The van der Waals surface area contributed by atoms with E-state index < -0.39 is 0 Å². The minimum absolute atomic E-state index is 0.0387. The van der Waals surface area contributed by atoms with Gasteiger partial charge in [-0.1, -0.05) is 88.4 Å². The van der Waals surface area contributed by atoms with Crippen molar-refractivity contribution in [3.05, 3.63) is 94.0 Å². The molecule has 0 radical (unpaired) electrons. The van der Waals surface area contributed by atoms with Crippen LogP contribution in [0.4, 0.5) is 0 Å². The van der Waals surface area contributed by atoms with Crippen LogP contribution in [-0.2, 0) is 11.8 Å². The first kappa shape index (κ1) is 16.8. The molecule has 136 valence electrons. The molecule has 0 aliphatic heterocycles. The molecule has 27 heavy (non-hydrogen) atoms. The maximum absolute atomic E-state index is 2.51. The molecule has 0 atom stereocenters. The topological polar surface area (TPSA) is 0 Å². The maximum atomic E-state index is 2.51. The average molecular weight is 353 g/mol. The standard InChI is InChI=1S/C27H28/c1-17(2)20-9-11-22-23-12-10-21(18(3)4)16-26(23)27(25(22)15-20)14-13-19-7-5-6-8-24(19)27/h5-12,15-18H,13-14H2,1-4H3. The van der Waals surface area contributed by atoms with Crippen LogP contribution in [0.25, 0.3) is 11.1 Å². The van der Waals surface area contributed by atoms with Crippen LogP contribution < -0.4 is 0 Å². The van der Waals surface area contributed by atoms with Gasteiger partial charge in [-0.3, -0.25) is 0 Å². The normalized spacial score (nSPS) is 16.1. The molecular formula is C27H28. The number of rotatable bonds is 2. The average Bonchev–Trinajstić information content (AvgIpc) is 3.19. The zero-order chi connectivity index (χ0) is 18.8. The van der Waals surface area contributed by atoms with Crippen LogP contribution in [0.1, 0.15) is 79.3 Å². The van der Waals surface area contributed by atoms with Gasteiger partial charge in [0.1, 0.15) is 0 Å². The number of hydrogen-bond acceptors (Lipinski definition) is 0. The van der Waals surface area contributed by atoms with Gasteiger partial charge in [-0.05, 0) is 69.2 Å². The molecule has 5 rings (SSSR count). The van der Waals surface area contributed by atoms with E-state index in [1.54, 1.807) is 0 Å². The minimum Gasteiger partial charge on any atom is -0.0620 e. The van der Waals surface area contributed by atoms with E-state index in [-0.39, 0.29) is 5.41 Å². The highest BCUT2D eigenvalue weighted by atomic mass is 14.5. The predicted octanol–water partition coefficient (Wildman–Crippen LogP) is 7.19. The lowest BCUT2D eigenvalue weighted by Crippen LogP contribution is -2.24. The predicted molar refractivity (Wildman–Crippen MR) is 115 cm³/mol. The lowest BCUT2D eigenvalue weighted by Gasteiger charge is -2.29. The van der Waals surface area contributed by atoms with Crippen molar-refractivity contribution in [2.24, 2.45) is 0 Å². The van der Waals surface area contributed by atoms with Crippen LogP contribution in [0.3, 0.4) is 0 Å². The zero-order valence-electron chi connectivity index (χ0n) is 16.8. The van der Waals surface area contributed by atoms with E-state index in [9.17, 15) is 0 Å². The number of aryl methyl sites for hydroxylation is 1. The fourth-order valence-corrected chi connectivity index (χ4v) is 5.33. The molecule has 0 fully saturated rings. The Balaban J connectivity index is 1.86. The second-order valence-corrected chi connectivity index (χ2v) is 8.98. The van der Waals surface area contributed by atoms with E-state index in [1.165, 1.54) is 57.3 Å². The Morgan fingerprint density at radius 2 is 1.22 bits per heavy atom. The Bertz CT molecular complexity index is 978. The molecule has 0 saturated heterocycles. The van der Waals surface area contributed by atoms with Crippen molar-refractivity contribution in [3.63, 3.8) is 0 Å². The molecule has 0 nitrogen and oxygen atoms in total. The Labute approximate surface area is 163 Å². The summed E-state index contributed by atoms with van der Waals surface area (Å²) < 4.78 is 0. The quantitative estimate of drug-likeness (QED) is 0.457. The summed E-state index contributed by atoms with van der Waals surface area (Å²) in [5.74, 6) is 1.11. The lowest BCUT2D eigenvalue weighted by molar-refractivity contribution is 0.623. The van der Waals surface area contributed by atoms with Crippen LogP contribution in [0.5, 0.6) is 0 Å². The maximum Gasteiger partial charge on any atom is 0.0469 e. The SMILES string of the molecule is CC(C)c1ccc2c(c1)C1(CCc3ccccc31)c1cc(C(C)C)ccc1-2. The molecule has 0 unspecified atom stereocenters. The molecule has 3 aromatic rings. The van der Waals surface area contributed by atoms with Crippen molar-refractivity contribution in [1.29, 1.82) is 0 Å². The van der Waals surface area contributed by atoms with E-state index in [2.05, 4.69) is 88.4 Å². The molecule has 0 heteroatoms. The van der Waals surface area contributed by atoms with Crippen LogP contribution in [0, 0.1) is 0 Å². The molecule has 0 heterocycles. The monoisotopic (exact) mass is 352 g/mol. The van der Waals surface area contributed by atoms with Crippen LogP contribution in [-0.4, -0.2) is 0 Å². The summed E-state index contributed by atoms with van der Waals surface area (Å²) in [5, 5.41) is 0. The van der Waals surface area contributed by atoms with Gasteiger partial charge in [0.25, 0.3) is 0 Å². The highest BCUT2D eigenvalue weighted by molar-refractivity contribution is 5.85. The largest absolute Gasteiger partial charge is 0.0620 e. The smallest absolute Gasteiger partial charge is 0.0469 e. The minimum atomic E-state index is 0.0387. The molecule has 2 aliphatic rings. The van der Waals surface area contributed by atoms with E-state index in [0.29, 0.717) is 11.8 Å². The second-order valence-electron chi connectivity index (χ2n) is 8.98. The molecular weight excluding hydrogens is 324 g/mol.